The first-order chi connectivity index (χ1) is 5.33. The molecule has 1 heterocycles. The molecule has 0 bridgehead atoms. The fourth-order valence-corrected chi connectivity index (χ4v) is 0.770. The van der Waals surface area contributed by atoms with Crippen molar-refractivity contribution in [1.82, 2.24) is 10.3 Å². The Balaban J connectivity index is 2.51. The summed E-state index contributed by atoms with van der Waals surface area (Å²) >= 11 is 0. The molecule has 0 aliphatic rings. The van der Waals surface area contributed by atoms with Crippen LogP contribution in [0.3, 0.4) is 0 Å². The van der Waals surface area contributed by atoms with Crippen molar-refractivity contribution in [1.29, 1.82) is 0 Å². The first-order valence-corrected chi connectivity index (χ1v) is 3.67. The Kier molecular flexibility index (Phi) is 2.86. The molecule has 11 heavy (non-hydrogen) atoms. The third kappa shape index (κ3) is 2.55. The molecule has 3 nitrogen and oxygen atoms in total. The molecule has 0 fully saturated rings. The number of hydrogen-bond acceptors (Lipinski definition) is 3. The summed E-state index contributed by atoms with van der Waals surface area (Å²) in [4.78, 5) is 3.98. The highest BCUT2D eigenvalue weighted by Gasteiger charge is 1.95. The maximum Gasteiger partial charge on any atom is 0.0737 e. The summed E-state index contributed by atoms with van der Waals surface area (Å²) in [6.45, 7) is 2.05. The van der Waals surface area contributed by atoms with Crippen molar-refractivity contribution >= 4 is 5.69 Å². The number of pyridine rings is 1. The van der Waals surface area contributed by atoms with E-state index >= 15 is 0 Å². The molecule has 60 valence electrons. The highest BCUT2D eigenvalue weighted by molar-refractivity contribution is 5.40. The molecular formula is C8H13N3. The first-order valence-electron chi connectivity index (χ1n) is 3.67. The van der Waals surface area contributed by atoms with Crippen LogP contribution in [0.15, 0.2) is 24.5 Å². The average molecular weight is 151 g/mol. The van der Waals surface area contributed by atoms with Gasteiger partial charge in [-0.1, -0.05) is 0 Å². The zero-order valence-corrected chi connectivity index (χ0v) is 6.83. The highest BCUT2D eigenvalue weighted by Crippen LogP contribution is 2.02. The Morgan fingerprint density at radius 2 is 2.36 bits per heavy atom. The zero-order valence-electron chi connectivity index (χ0n) is 6.83. The van der Waals surface area contributed by atoms with Gasteiger partial charge in [0.05, 0.1) is 11.9 Å². The third-order valence-electron chi connectivity index (χ3n) is 1.48. The van der Waals surface area contributed by atoms with E-state index in [4.69, 9.17) is 0 Å². The molecule has 0 saturated heterocycles. The second kappa shape index (κ2) is 3.93. The molecule has 0 aromatic carbocycles. The minimum absolute atomic E-state index is 0.277. The number of anilines is 1. The van der Waals surface area contributed by atoms with Gasteiger partial charge in [-0.25, -0.2) is 0 Å². The quantitative estimate of drug-likeness (QED) is 0.634. The monoisotopic (exact) mass is 151 g/mol. The van der Waals surface area contributed by atoms with Gasteiger partial charge in [0.1, 0.15) is 0 Å². The van der Waals surface area contributed by atoms with E-state index in [-0.39, 0.29) is 6.17 Å². The molecule has 1 rings (SSSR count). The molecule has 0 radical (unpaired) electrons. The van der Waals surface area contributed by atoms with Crippen LogP contribution in [0.2, 0.25) is 0 Å². The zero-order chi connectivity index (χ0) is 8.10. The van der Waals surface area contributed by atoms with Crippen LogP contribution < -0.4 is 10.6 Å². The summed E-state index contributed by atoms with van der Waals surface area (Å²) < 4.78 is 0. The Morgan fingerprint density at radius 3 is 2.91 bits per heavy atom. The average Bonchev–Trinajstić information content (AvgIpc) is 2.06. The Morgan fingerprint density at radius 1 is 1.55 bits per heavy atom. The molecule has 0 aliphatic heterocycles. The van der Waals surface area contributed by atoms with Crippen molar-refractivity contribution in [2.75, 3.05) is 12.4 Å². The fraction of sp³-hybridized carbons (Fsp3) is 0.375. The molecule has 0 aliphatic carbocycles. The van der Waals surface area contributed by atoms with Gasteiger partial charge in [-0.2, -0.15) is 0 Å². The van der Waals surface area contributed by atoms with Crippen LogP contribution in [-0.2, 0) is 0 Å². The van der Waals surface area contributed by atoms with Crippen LogP contribution >= 0.6 is 0 Å². The summed E-state index contributed by atoms with van der Waals surface area (Å²) in [5.74, 6) is 0. The molecule has 1 aromatic rings. The lowest BCUT2D eigenvalue weighted by Gasteiger charge is -2.12. The van der Waals surface area contributed by atoms with E-state index in [1.165, 1.54) is 0 Å². The van der Waals surface area contributed by atoms with Gasteiger partial charge in [-0.3, -0.25) is 4.98 Å². The topological polar surface area (TPSA) is 37.0 Å². The van der Waals surface area contributed by atoms with Crippen LogP contribution in [0.5, 0.6) is 0 Å². The molecule has 2 N–H and O–H groups in total. The van der Waals surface area contributed by atoms with Crippen molar-refractivity contribution in [3.8, 4) is 0 Å². The lowest BCUT2D eigenvalue weighted by atomic mass is 10.4. The molecule has 1 atom stereocenters. The molecule has 0 saturated carbocycles. The highest BCUT2D eigenvalue weighted by atomic mass is 15.1. The second-order valence-electron chi connectivity index (χ2n) is 2.40. The standard InChI is InChI=1S/C8H13N3/c1-7(9-2)11-8-4-3-5-10-6-8/h3-7,9,11H,1-2H3. The fourth-order valence-electron chi connectivity index (χ4n) is 0.770. The van der Waals surface area contributed by atoms with E-state index in [9.17, 15) is 0 Å². The van der Waals surface area contributed by atoms with Gasteiger partial charge in [0, 0.05) is 12.4 Å². The summed E-state index contributed by atoms with van der Waals surface area (Å²) in [7, 11) is 1.91. The van der Waals surface area contributed by atoms with Crippen LogP contribution in [0.1, 0.15) is 6.92 Å². The first kappa shape index (κ1) is 8.01. The number of nitrogens with one attached hydrogen (secondary N) is 2. The summed E-state index contributed by atoms with van der Waals surface area (Å²) in [5, 5.41) is 6.29. The molecule has 0 spiro atoms. The summed E-state index contributed by atoms with van der Waals surface area (Å²) in [6.07, 6.45) is 3.84. The maximum atomic E-state index is 3.98. The molecule has 3 heteroatoms. The van der Waals surface area contributed by atoms with Gasteiger partial charge in [-0.05, 0) is 26.1 Å². The Bertz CT molecular complexity index is 198. The Hall–Kier alpha value is -1.09. The predicted molar refractivity (Wildman–Crippen MR) is 46.4 cm³/mol. The SMILES string of the molecule is CNC(C)Nc1cccnc1. The van der Waals surface area contributed by atoms with Crippen LogP contribution in [-0.4, -0.2) is 18.2 Å². The van der Waals surface area contributed by atoms with Gasteiger partial charge in [-0.15, -0.1) is 0 Å². The minimum atomic E-state index is 0.277. The van der Waals surface area contributed by atoms with Crippen molar-refractivity contribution in [3.05, 3.63) is 24.5 Å². The lowest BCUT2D eigenvalue weighted by Crippen LogP contribution is -2.29. The smallest absolute Gasteiger partial charge is 0.0737 e. The van der Waals surface area contributed by atoms with Gasteiger partial charge in [0.15, 0.2) is 0 Å². The minimum Gasteiger partial charge on any atom is -0.369 e. The molecule has 1 unspecified atom stereocenters. The van der Waals surface area contributed by atoms with E-state index in [2.05, 4.69) is 15.6 Å². The van der Waals surface area contributed by atoms with Crippen LogP contribution in [0.25, 0.3) is 0 Å². The largest absolute Gasteiger partial charge is 0.369 e. The van der Waals surface area contributed by atoms with E-state index in [0.29, 0.717) is 0 Å². The molecule has 0 amide bonds. The predicted octanol–water partition coefficient (Wildman–Crippen LogP) is 1.06. The second-order valence-corrected chi connectivity index (χ2v) is 2.40. The number of rotatable bonds is 3. The summed E-state index contributed by atoms with van der Waals surface area (Å²) in [5.41, 5.74) is 1.04. The molecular weight excluding hydrogens is 138 g/mol. The number of hydrogen-bond donors (Lipinski definition) is 2. The van der Waals surface area contributed by atoms with Crippen LogP contribution in [0, 0.1) is 0 Å². The number of nitrogens with zero attached hydrogens (tertiary/aromatic N) is 1. The van der Waals surface area contributed by atoms with Crippen molar-refractivity contribution in [2.24, 2.45) is 0 Å². The number of aromatic nitrogens is 1. The van der Waals surface area contributed by atoms with Crippen molar-refractivity contribution < 1.29 is 0 Å². The van der Waals surface area contributed by atoms with E-state index < -0.39 is 0 Å². The van der Waals surface area contributed by atoms with Crippen molar-refractivity contribution in [2.45, 2.75) is 13.1 Å². The van der Waals surface area contributed by atoms with Gasteiger partial charge >= 0.3 is 0 Å². The molecule has 1 aromatic heterocycles. The third-order valence-corrected chi connectivity index (χ3v) is 1.48. The normalized spacial score (nSPS) is 12.5. The van der Waals surface area contributed by atoms with Crippen LogP contribution in [0.4, 0.5) is 5.69 Å². The summed E-state index contributed by atoms with van der Waals surface area (Å²) in [6, 6.07) is 3.89. The van der Waals surface area contributed by atoms with E-state index in [1.54, 1.807) is 12.4 Å². The van der Waals surface area contributed by atoms with E-state index in [0.717, 1.165) is 5.69 Å². The van der Waals surface area contributed by atoms with Crippen molar-refractivity contribution in [3.63, 3.8) is 0 Å². The van der Waals surface area contributed by atoms with E-state index in [1.807, 2.05) is 26.1 Å². The lowest BCUT2D eigenvalue weighted by molar-refractivity contribution is 0.682. The maximum absolute atomic E-state index is 3.98. The Labute approximate surface area is 66.8 Å². The van der Waals surface area contributed by atoms with Gasteiger partial charge in [0.25, 0.3) is 0 Å². The van der Waals surface area contributed by atoms with Gasteiger partial charge < -0.3 is 10.6 Å². The van der Waals surface area contributed by atoms with Gasteiger partial charge in [0.2, 0.25) is 0 Å².